The van der Waals surface area contributed by atoms with E-state index in [9.17, 15) is 14.4 Å². The van der Waals surface area contributed by atoms with Crippen LogP contribution in [0.2, 0.25) is 0 Å². The summed E-state index contributed by atoms with van der Waals surface area (Å²) in [6.45, 7) is 36.1. The molecular formula is C50H90N2O5. The lowest BCUT2D eigenvalue weighted by Gasteiger charge is -2.32. The number of aromatic nitrogens is 1. The second-order valence-electron chi connectivity index (χ2n) is 16.8. The van der Waals surface area contributed by atoms with Gasteiger partial charge in [0.2, 0.25) is 0 Å². The number of nitrogens with one attached hydrogen (secondary N) is 2. The molecule has 330 valence electrons. The fraction of sp³-hybridized carbons (Fsp3) is 0.720. The molecule has 0 amide bonds. The van der Waals surface area contributed by atoms with Gasteiger partial charge in [0, 0.05) is 30.5 Å². The van der Waals surface area contributed by atoms with E-state index in [-0.39, 0.29) is 22.9 Å². The molecule has 0 spiro atoms. The molecule has 0 fully saturated rings. The Morgan fingerprint density at radius 3 is 1.70 bits per heavy atom. The van der Waals surface area contributed by atoms with Crippen molar-refractivity contribution in [2.75, 3.05) is 6.61 Å². The summed E-state index contributed by atoms with van der Waals surface area (Å²) in [6.07, 6.45) is 18.3. The third-order valence-corrected chi connectivity index (χ3v) is 9.98. The lowest BCUT2D eigenvalue weighted by atomic mass is 9.74. The summed E-state index contributed by atoms with van der Waals surface area (Å²) < 4.78 is 10.6. The number of Topliss-reactive ketones (excluding diaryl/α,β-unsaturated/α-hetero) is 1. The first kappa shape index (κ1) is 58.3. The number of H-pyrrole nitrogens is 1. The van der Waals surface area contributed by atoms with Crippen LogP contribution in [0.3, 0.4) is 0 Å². The molecule has 1 aromatic carbocycles. The van der Waals surface area contributed by atoms with E-state index in [1.165, 1.54) is 63.4 Å². The number of benzene rings is 1. The van der Waals surface area contributed by atoms with Gasteiger partial charge in [0.1, 0.15) is 5.60 Å². The van der Waals surface area contributed by atoms with E-state index in [0.29, 0.717) is 35.6 Å². The fourth-order valence-corrected chi connectivity index (χ4v) is 6.42. The van der Waals surface area contributed by atoms with Crippen molar-refractivity contribution in [1.82, 2.24) is 4.98 Å². The highest BCUT2D eigenvalue weighted by Crippen LogP contribution is 2.38. The summed E-state index contributed by atoms with van der Waals surface area (Å²) in [5.41, 5.74) is 5.15. The number of esters is 1. The van der Waals surface area contributed by atoms with E-state index < -0.39 is 0 Å². The SMILES string of the molecule is CC(=O)c1ccc(C)cc1C.CCC(C)CCOC(C)CC.CCCC(=N)c1c(C)cc[nH]c1=O.CCCC(=O)OC(C)(C)C.CCCC(CC)(CCC)CCC. The molecule has 2 atom stereocenters. The van der Waals surface area contributed by atoms with Crippen molar-refractivity contribution in [2.24, 2.45) is 11.3 Å². The highest BCUT2D eigenvalue weighted by Gasteiger charge is 2.24. The molecule has 2 rings (SSSR count). The topological polar surface area (TPSA) is 109 Å². The van der Waals surface area contributed by atoms with Gasteiger partial charge in [-0.15, -0.1) is 0 Å². The Morgan fingerprint density at radius 2 is 1.32 bits per heavy atom. The van der Waals surface area contributed by atoms with Crippen molar-refractivity contribution in [1.29, 1.82) is 5.41 Å². The number of carbonyl (C=O) groups excluding carboxylic acids is 2. The minimum Gasteiger partial charge on any atom is -0.460 e. The maximum atomic E-state index is 11.4. The largest absolute Gasteiger partial charge is 0.460 e. The maximum absolute atomic E-state index is 11.4. The van der Waals surface area contributed by atoms with Crippen LogP contribution in [0.15, 0.2) is 35.3 Å². The highest BCUT2D eigenvalue weighted by molar-refractivity contribution is 5.99. The molecule has 0 saturated heterocycles. The minimum atomic E-state index is -0.327. The molecule has 2 unspecified atom stereocenters. The number of aryl methyl sites for hydroxylation is 3. The zero-order valence-corrected chi connectivity index (χ0v) is 40.2. The Morgan fingerprint density at radius 1 is 0.772 bits per heavy atom. The average Bonchev–Trinajstić information content (AvgIpc) is 3.12. The summed E-state index contributed by atoms with van der Waals surface area (Å²) in [5, 5.41) is 7.69. The van der Waals surface area contributed by atoms with E-state index in [4.69, 9.17) is 14.9 Å². The molecule has 0 radical (unpaired) electrons. The predicted octanol–water partition coefficient (Wildman–Crippen LogP) is 14.5. The van der Waals surface area contributed by atoms with Crippen molar-refractivity contribution in [3.63, 3.8) is 0 Å². The van der Waals surface area contributed by atoms with Gasteiger partial charge in [-0.05, 0) is 129 Å². The van der Waals surface area contributed by atoms with Crippen LogP contribution >= 0.6 is 0 Å². The average molecular weight is 799 g/mol. The van der Waals surface area contributed by atoms with Gasteiger partial charge in [0.15, 0.2) is 5.78 Å². The van der Waals surface area contributed by atoms with E-state index >= 15 is 0 Å². The first-order valence-corrected chi connectivity index (χ1v) is 22.4. The van der Waals surface area contributed by atoms with Crippen LogP contribution in [0.25, 0.3) is 0 Å². The van der Waals surface area contributed by atoms with E-state index in [0.717, 1.165) is 48.5 Å². The molecule has 2 N–H and O–H groups in total. The molecule has 0 aliphatic heterocycles. The van der Waals surface area contributed by atoms with Gasteiger partial charge in [-0.25, -0.2) is 0 Å². The van der Waals surface area contributed by atoms with Crippen LogP contribution in [0.5, 0.6) is 0 Å². The first-order chi connectivity index (χ1) is 26.7. The molecule has 57 heavy (non-hydrogen) atoms. The zero-order valence-electron chi connectivity index (χ0n) is 40.2. The van der Waals surface area contributed by atoms with Crippen LogP contribution < -0.4 is 5.56 Å². The van der Waals surface area contributed by atoms with Gasteiger partial charge in [0.25, 0.3) is 5.56 Å². The second kappa shape index (κ2) is 33.9. The number of rotatable bonds is 19. The monoisotopic (exact) mass is 799 g/mol. The third-order valence-electron chi connectivity index (χ3n) is 9.98. The standard InChI is InChI=1S/C12H26.C10H14N2O.C10H12O.C10H22O.C8H16O2/c1-5-9-12(8-4,10-6-2)11-7-3;1-3-4-8(11)9-7(2)5-6-12-10(9)13;1-7-4-5-10(9(3)11)8(2)6-7;1-5-9(3)7-8-11-10(4)6-2;1-5-6-7(9)10-8(2,3)4/h5-11H2,1-4H3;5-6,11H,3-4H2,1-2H3,(H,12,13);4-6H,1-3H3;9-10H,5-8H2,1-4H3;5-6H2,1-4H3. The van der Waals surface area contributed by atoms with Crippen molar-refractivity contribution < 1.29 is 19.1 Å². The van der Waals surface area contributed by atoms with Gasteiger partial charge in [-0.1, -0.05) is 125 Å². The Bertz CT molecular complexity index is 1380. The minimum absolute atomic E-state index is 0.102. The van der Waals surface area contributed by atoms with E-state index in [1.54, 1.807) is 13.1 Å². The van der Waals surface area contributed by atoms with Crippen molar-refractivity contribution in [2.45, 2.75) is 219 Å². The smallest absolute Gasteiger partial charge is 0.306 e. The Balaban J connectivity index is -0.000000641. The number of hydrogen-bond donors (Lipinski definition) is 2. The Labute approximate surface area is 351 Å². The van der Waals surface area contributed by atoms with E-state index in [2.05, 4.69) is 60.4 Å². The molecule has 2 aromatic rings. The maximum Gasteiger partial charge on any atom is 0.306 e. The van der Waals surface area contributed by atoms with Gasteiger partial charge in [-0.2, -0.15) is 0 Å². The summed E-state index contributed by atoms with van der Waals surface area (Å²) >= 11 is 0. The van der Waals surface area contributed by atoms with Gasteiger partial charge in [-0.3, -0.25) is 14.4 Å². The summed E-state index contributed by atoms with van der Waals surface area (Å²) in [6, 6.07) is 7.69. The predicted molar refractivity (Wildman–Crippen MR) is 247 cm³/mol. The number of pyridine rings is 1. The summed E-state index contributed by atoms with van der Waals surface area (Å²) in [7, 11) is 0. The molecule has 1 heterocycles. The van der Waals surface area contributed by atoms with Crippen molar-refractivity contribution >= 4 is 17.5 Å². The molecule has 7 nitrogen and oxygen atoms in total. The lowest BCUT2D eigenvalue weighted by Crippen LogP contribution is -2.23. The van der Waals surface area contributed by atoms with Gasteiger partial charge >= 0.3 is 5.97 Å². The quantitative estimate of drug-likeness (QED) is 0.0835. The summed E-state index contributed by atoms with van der Waals surface area (Å²) in [4.78, 5) is 35.8. The van der Waals surface area contributed by atoms with Gasteiger partial charge < -0.3 is 19.9 Å². The second-order valence-corrected chi connectivity index (χ2v) is 16.8. The van der Waals surface area contributed by atoms with Crippen LogP contribution in [0, 0.1) is 37.5 Å². The molecule has 7 heteroatoms. The first-order valence-electron chi connectivity index (χ1n) is 22.4. The molecule has 1 aromatic heterocycles. The van der Waals surface area contributed by atoms with Crippen LogP contribution in [-0.4, -0.2) is 40.8 Å². The Kier molecular flexibility index (Phi) is 34.6. The summed E-state index contributed by atoms with van der Waals surface area (Å²) in [5.74, 6) is 0.858. The number of hydrogen-bond acceptors (Lipinski definition) is 6. The lowest BCUT2D eigenvalue weighted by molar-refractivity contribution is -0.154. The number of carbonyl (C=O) groups is 2. The number of aromatic amines is 1. The third kappa shape index (κ3) is 29.8. The molecular weight excluding hydrogens is 709 g/mol. The number of ketones is 1. The molecule has 0 saturated carbocycles. The van der Waals surface area contributed by atoms with E-state index in [1.807, 2.05) is 79.7 Å². The fourth-order valence-electron chi connectivity index (χ4n) is 6.42. The van der Waals surface area contributed by atoms with Crippen LogP contribution in [-0.2, 0) is 14.3 Å². The molecule has 0 bridgehead atoms. The van der Waals surface area contributed by atoms with Crippen LogP contribution in [0.4, 0.5) is 0 Å². The van der Waals surface area contributed by atoms with Crippen LogP contribution in [0.1, 0.15) is 219 Å². The van der Waals surface area contributed by atoms with Crippen molar-refractivity contribution in [3.05, 3.63) is 68.6 Å². The van der Waals surface area contributed by atoms with Gasteiger partial charge in [0.05, 0.1) is 11.7 Å². The number of ether oxygens (including phenoxy) is 2. The van der Waals surface area contributed by atoms with Crippen molar-refractivity contribution in [3.8, 4) is 0 Å². The normalized spacial score (nSPS) is 11.8. The molecule has 0 aliphatic rings. The Hall–Kier alpha value is -3.06. The zero-order chi connectivity index (χ0) is 44.6. The molecule has 0 aliphatic carbocycles. The highest BCUT2D eigenvalue weighted by atomic mass is 16.6.